The van der Waals surface area contributed by atoms with Crippen molar-refractivity contribution in [2.24, 2.45) is 11.7 Å². The van der Waals surface area contributed by atoms with Crippen molar-refractivity contribution in [3.05, 3.63) is 0 Å². The molecule has 1 aliphatic heterocycles. The summed E-state index contributed by atoms with van der Waals surface area (Å²) in [5, 5.41) is 3.69. The van der Waals surface area contributed by atoms with Gasteiger partial charge in [0.15, 0.2) is 0 Å². The van der Waals surface area contributed by atoms with Crippen LogP contribution in [0.4, 0.5) is 0 Å². The molecule has 3 N–H and O–H groups in total. The lowest BCUT2D eigenvalue weighted by molar-refractivity contribution is 0.179. The Hall–Kier alpha value is -0.120. The number of hydrogen-bond donors (Lipinski definition) is 2. The Bertz CT molecular complexity index is 172. The molecule has 0 aromatic rings. The van der Waals surface area contributed by atoms with Crippen LogP contribution in [0.25, 0.3) is 0 Å². The molecule has 3 nitrogen and oxygen atoms in total. The zero-order valence-corrected chi connectivity index (χ0v) is 10.4. The normalized spacial score (nSPS) is 27.2. The van der Waals surface area contributed by atoms with Gasteiger partial charge in [-0.3, -0.25) is 0 Å². The van der Waals surface area contributed by atoms with Crippen molar-refractivity contribution < 1.29 is 4.74 Å². The molecule has 3 heteroatoms. The van der Waals surface area contributed by atoms with Gasteiger partial charge in [-0.1, -0.05) is 20.8 Å². The molecule has 2 unspecified atom stereocenters. The smallest absolute Gasteiger partial charge is 0.0621 e. The highest BCUT2D eigenvalue weighted by Gasteiger charge is 2.29. The Labute approximate surface area is 93.8 Å². The molecule has 1 aliphatic rings. The van der Waals surface area contributed by atoms with E-state index in [1.165, 1.54) is 19.3 Å². The second-order valence-electron chi connectivity index (χ2n) is 4.68. The second kappa shape index (κ2) is 5.83. The largest absolute Gasteiger partial charge is 0.379 e. The van der Waals surface area contributed by atoms with E-state index in [2.05, 4.69) is 26.1 Å². The molecule has 15 heavy (non-hydrogen) atoms. The Kier molecular flexibility index (Phi) is 5.03. The fourth-order valence-corrected chi connectivity index (χ4v) is 2.30. The highest BCUT2D eigenvalue weighted by Crippen LogP contribution is 2.20. The lowest BCUT2D eigenvalue weighted by Crippen LogP contribution is -2.48. The molecule has 1 rings (SSSR count). The molecule has 1 heterocycles. The molecule has 0 aliphatic carbocycles. The van der Waals surface area contributed by atoms with Gasteiger partial charge in [0.1, 0.15) is 0 Å². The molecule has 0 aromatic carbocycles. The van der Waals surface area contributed by atoms with Gasteiger partial charge in [0.25, 0.3) is 0 Å². The van der Waals surface area contributed by atoms with E-state index < -0.39 is 0 Å². The number of hydrogen-bond acceptors (Lipinski definition) is 3. The van der Waals surface area contributed by atoms with Crippen molar-refractivity contribution in [2.45, 2.75) is 51.6 Å². The minimum absolute atomic E-state index is 0.223. The SMILES string of the molecule is CCC(CC)(CC)NCC1COCC1N. The van der Waals surface area contributed by atoms with Gasteiger partial charge in [-0.2, -0.15) is 0 Å². The highest BCUT2D eigenvalue weighted by atomic mass is 16.5. The Balaban J connectivity index is 2.39. The van der Waals surface area contributed by atoms with Crippen LogP contribution in [0.2, 0.25) is 0 Å². The van der Waals surface area contributed by atoms with Gasteiger partial charge in [0.05, 0.1) is 13.2 Å². The summed E-state index contributed by atoms with van der Waals surface area (Å²) in [6.07, 6.45) is 3.55. The van der Waals surface area contributed by atoms with E-state index in [-0.39, 0.29) is 6.04 Å². The van der Waals surface area contributed by atoms with Gasteiger partial charge in [-0.15, -0.1) is 0 Å². The topological polar surface area (TPSA) is 47.3 Å². The standard InChI is InChI=1S/C12H26N2O/c1-4-12(5-2,6-3)14-7-10-8-15-9-11(10)13/h10-11,14H,4-9,13H2,1-3H3. The predicted molar refractivity (Wildman–Crippen MR) is 63.9 cm³/mol. The van der Waals surface area contributed by atoms with E-state index >= 15 is 0 Å². The molecule has 0 saturated carbocycles. The first-order valence-corrected chi connectivity index (χ1v) is 6.25. The molecule has 0 bridgehead atoms. The van der Waals surface area contributed by atoms with E-state index in [1.807, 2.05) is 0 Å². The number of rotatable bonds is 6. The highest BCUT2D eigenvalue weighted by molar-refractivity contribution is 4.87. The fraction of sp³-hybridized carbons (Fsp3) is 1.00. The lowest BCUT2D eigenvalue weighted by Gasteiger charge is -2.33. The van der Waals surface area contributed by atoms with Crippen LogP contribution >= 0.6 is 0 Å². The lowest BCUT2D eigenvalue weighted by atomic mass is 9.89. The number of nitrogens with two attached hydrogens (primary N) is 1. The Morgan fingerprint density at radius 3 is 2.20 bits per heavy atom. The average Bonchev–Trinajstić information content (AvgIpc) is 2.67. The van der Waals surface area contributed by atoms with Crippen molar-refractivity contribution >= 4 is 0 Å². The third-order valence-corrected chi connectivity index (χ3v) is 4.02. The van der Waals surface area contributed by atoms with Crippen LogP contribution in [-0.2, 0) is 4.74 Å². The minimum atomic E-state index is 0.223. The third kappa shape index (κ3) is 3.16. The monoisotopic (exact) mass is 214 g/mol. The summed E-state index contributed by atoms with van der Waals surface area (Å²) >= 11 is 0. The van der Waals surface area contributed by atoms with Crippen molar-refractivity contribution in [1.29, 1.82) is 0 Å². The summed E-state index contributed by atoms with van der Waals surface area (Å²) in [6.45, 7) is 9.31. The van der Waals surface area contributed by atoms with Crippen LogP contribution < -0.4 is 11.1 Å². The fourth-order valence-electron chi connectivity index (χ4n) is 2.30. The summed E-state index contributed by atoms with van der Waals surface area (Å²) in [5.41, 5.74) is 6.28. The first kappa shape index (κ1) is 12.9. The summed E-state index contributed by atoms with van der Waals surface area (Å²) < 4.78 is 5.37. The molecule has 1 saturated heterocycles. The second-order valence-corrected chi connectivity index (χ2v) is 4.68. The summed E-state index contributed by atoms with van der Waals surface area (Å²) in [5.74, 6) is 0.494. The molecule has 2 atom stereocenters. The van der Waals surface area contributed by atoms with E-state index in [0.717, 1.165) is 19.8 Å². The van der Waals surface area contributed by atoms with Crippen molar-refractivity contribution in [3.8, 4) is 0 Å². The van der Waals surface area contributed by atoms with Crippen LogP contribution in [0, 0.1) is 5.92 Å². The summed E-state index contributed by atoms with van der Waals surface area (Å²) in [6, 6.07) is 0.223. The first-order valence-electron chi connectivity index (χ1n) is 6.25. The van der Waals surface area contributed by atoms with E-state index in [0.29, 0.717) is 11.5 Å². The number of nitrogens with one attached hydrogen (secondary N) is 1. The van der Waals surface area contributed by atoms with Crippen LogP contribution in [0.3, 0.4) is 0 Å². The maximum absolute atomic E-state index is 5.97. The van der Waals surface area contributed by atoms with Gasteiger partial charge in [-0.05, 0) is 19.3 Å². The van der Waals surface area contributed by atoms with Crippen molar-refractivity contribution in [3.63, 3.8) is 0 Å². The van der Waals surface area contributed by atoms with E-state index in [4.69, 9.17) is 10.5 Å². The van der Waals surface area contributed by atoms with E-state index in [9.17, 15) is 0 Å². The van der Waals surface area contributed by atoms with Crippen LogP contribution in [-0.4, -0.2) is 31.3 Å². The molecule has 1 fully saturated rings. The van der Waals surface area contributed by atoms with Crippen molar-refractivity contribution in [2.75, 3.05) is 19.8 Å². The number of ether oxygens (including phenoxy) is 1. The van der Waals surface area contributed by atoms with Gasteiger partial charge >= 0.3 is 0 Å². The van der Waals surface area contributed by atoms with Gasteiger partial charge in [0.2, 0.25) is 0 Å². The van der Waals surface area contributed by atoms with Crippen LogP contribution in [0.1, 0.15) is 40.0 Å². The Morgan fingerprint density at radius 1 is 1.20 bits per heavy atom. The average molecular weight is 214 g/mol. The van der Waals surface area contributed by atoms with E-state index in [1.54, 1.807) is 0 Å². The minimum Gasteiger partial charge on any atom is -0.379 e. The Morgan fingerprint density at radius 2 is 1.80 bits per heavy atom. The van der Waals surface area contributed by atoms with Crippen molar-refractivity contribution in [1.82, 2.24) is 5.32 Å². The van der Waals surface area contributed by atoms with Crippen LogP contribution in [0.15, 0.2) is 0 Å². The predicted octanol–water partition coefficient (Wildman–Crippen LogP) is 1.52. The van der Waals surface area contributed by atoms with Crippen LogP contribution in [0.5, 0.6) is 0 Å². The molecule has 0 radical (unpaired) electrons. The molecular weight excluding hydrogens is 188 g/mol. The zero-order chi connectivity index (χ0) is 11.3. The molecular formula is C12H26N2O. The molecule has 0 amide bonds. The quantitative estimate of drug-likeness (QED) is 0.705. The van der Waals surface area contributed by atoms with Gasteiger partial charge in [-0.25, -0.2) is 0 Å². The van der Waals surface area contributed by atoms with Gasteiger partial charge in [0, 0.05) is 24.0 Å². The maximum atomic E-state index is 5.97. The maximum Gasteiger partial charge on any atom is 0.0621 e. The molecule has 0 spiro atoms. The van der Waals surface area contributed by atoms with Gasteiger partial charge < -0.3 is 15.8 Å². The molecule has 90 valence electrons. The molecule has 0 aromatic heterocycles. The summed E-state index contributed by atoms with van der Waals surface area (Å²) in [4.78, 5) is 0. The first-order chi connectivity index (χ1) is 7.17. The zero-order valence-electron chi connectivity index (χ0n) is 10.4. The summed E-state index contributed by atoms with van der Waals surface area (Å²) in [7, 11) is 0. The third-order valence-electron chi connectivity index (χ3n) is 4.02.